The van der Waals surface area contributed by atoms with Gasteiger partial charge >= 0.3 is 0 Å². The van der Waals surface area contributed by atoms with Gasteiger partial charge in [0.1, 0.15) is 0 Å². The predicted molar refractivity (Wildman–Crippen MR) is 44.2 cm³/mol. The summed E-state index contributed by atoms with van der Waals surface area (Å²) in [6.07, 6.45) is 1.07. The maximum Gasteiger partial charge on any atom is 0.0474 e. The number of hydrogen-bond acceptors (Lipinski definition) is 2. The van der Waals surface area contributed by atoms with Crippen molar-refractivity contribution in [3.05, 3.63) is 12.2 Å². The average molecular weight is 143 g/mol. The molecule has 2 heteroatoms. The van der Waals surface area contributed by atoms with E-state index in [-0.39, 0.29) is 0 Å². The molecule has 0 radical (unpaired) electrons. The topological polar surface area (TPSA) is 21.3 Å². The molecule has 0 spiro atoms. The summed E-state index contributed by atoms with van der Waals surface area (Å²) in [5.41, 5.74) is 1.18. The third kappa shape index (κ3) is 7.66. The first kappa shape index (κ1) is 9.66. The van der Waals surface area contributed by atoms with Gasteiger partial charge in [-0.1, -0.05) is 12.2 Å². The van der Waals surface area contributed by atoms with Crippen molar-refractivity contribution in [3.8, 4) is 0 Å². The second-order valence-corrected chi connectivity index (χ2v) is 2.48. The lowest BCUT2D eigenvalue weighted by molar-refractivity contribution is 0.194. The van der Waals surface area contributed by atoms with Gasteiger partial charge in [-0.15, -0.1) is 0 Å². The van der Waals surface area contributed by atoms with Gasteiger partial charge < -0.3 is 10.1 Å². The lowest BCUT2D eigenvalue weighted by atomic mass is 10.3. The van der Waals surface area contributed by atoms with E-state index in [4.69, 9.17) is 4.74 Å². The van der Waals surface area contributed by atoms with Gasteiger partial charge in [0.25, 0.3) is 0 Å². The van der Waals surface area contributed by atoms with Crippen LogP contribution in [0, 0.1) is 0 Å². The molecule has 0 saturated carbocycles. The van der Waals surface area contributed by atoms with E-state index in [1.807, 2.05) is 6.92 Å². The van der Waals surface area contributed by atoms with Crippen LogP contribution in [0.1, 0.15) is 13.3 Å². The molecular formula is C8H17NO. The molecule has 0 unspecified atom stereocenters. The lowest BCUT2D eigenvalue weighted by Crippen LogP contribution is -2.18. The monoisotopic (exact) mass is 143 g/mol. The molecule has 0 aromatic carbocycles. The molecule has 0 saturated heterocycles. The van der Waals surface area contributed by atoms with Crippen molar-refractivity contribution in [1.82, 2.24) is 5.32 Å². The predicted octanol–water partition coefficient (Wildman–Crippen LogP) is 1.19. The maximum atomic E-state index is 4.89. The summed E-state index contributed by atoms with van der Waals surface area (Å²) in [5.74, 6) is 0. The van der Waals surface area contributed by atoms with Crippen LogP contribution in [0.5, 0.6) is 0 Å². The van der Waals surface area contributed by atoms with Gasteiger partial charge in [0.05, 0.1) is 0 Å². The average Bonchev–Trinajstić information content (AvgIpc) is 1.87. The van der Waals surface area contributed by atoms with E-state index < -0.39 is 0 Å². The van der Waals surface area contributed by atoms with Crippen molar-refractivity contribution < 1.29 is 4.74 Å². The molecule has 0 rings (SSSR count). The third-order valence-electron chi connectivity index (χ3n) is 1.13. The minimum Gasteiger partial charge on any atom is -0.385 e. The Labute approximate surface area is 63.3 Å². The third-order valence-corrected chi connectivity index (χ3v) is 1.13. The van der Waals surface area contributed by atoms with Crippen LogP contribution >= 0.6 is 0 Å². The summed E-state index contributed by atoms with van der Waals surface area (Å²) in [6.45, 7) is 8.57. The first-order chi connectivity index (χ1) is 4.77. The Morgan fingerprint density at radius 2 is 2.30 bits per heavy atom. The molecule has 0 atom stereocenters. The van der Waals surface area contributed by atoms with Crippen LogP contribution in [-0.2, 0) is 4.74 Å². The van der Waals surface area contributed by atoms with Crippen LogP contribution in [0.4, 0.5) is 0 Å². The molecule has 0 aliphatic heterocycles. The van der Waals surface area contributed by atoms with Crippen LogP contribution in [0.15, 0.2) is 12.2 Å². The van der Waals surface area contributed by atoms with Gasteiger partial charge in [-0.05, 0) is 19.9 Å². The summed E-state index contributed by atoms with van der Waals surface area (Å²) in [6, 6.07) is 0. The van der Waals surface area contributed by atoms with E-state index in [9.17, 15) is 0 Å². The zero-order valence-corrected chi connectivity index (χ0v) is 6.94. The standard InChI is InChI=1S/C8H17NO/c1-8(2)7-9-5-4-6-10-3/h9H,1,4-7H2,2-3H3. The number of ether oxygens (including phenoxy) is 1. The van der Waals surface area contributed by atoms with Gasteiger partial charge in [-0.25, -0.2) is 0 Å². The van der Waals surface area contributed by atoms with E-state index in [1.54, 1.807) is 7.11 Å². The fraction of sp³-hybridized carbons (Fsp3) is 0.750. The van der Waals surface area contributed by atoms with Gasteiger partial charge in [-0.2, -0.15) is 0 Å². The molecule has 0 aromatic heterocycles. The fourth-order valence-electron chi connectivity index (χ4n) is 0.643. The van der Waals surface area contributed by atoms with E-state index in [0.717, 1.165) is 26.1 Å². The highest BCUT2D eigenvalue weighted by atomic mass is 16.5. The van der Waals surface area contributed by atoms with Crippen molar-refractivity contribution in [1.29, 1.82) is 0 Å². The van der Waals surface area contributed by atoms with E-state index in [0.29, 0.717) is 0 Å². The number of methoxy groups -OCH3 is 1. The highest BCUT2D eigenvalue weighted by Gasteiger charge is 1.86. The van der Waals surface area contributed by atoms with Crippen LogP contribution < -0.4 is 5.32 Å². The largest absolute Gasteiger partial charge is 0.385 e. The van der Waals surface area contributed by atoms with Crippen molar-refractivity contribution in [2.75, 3.05) is 26.8 Å². The van der Waals surface area contributed by atoms with Gasteiger partial charge in [0, 0.05) is 20.3 Å². The quantitative estimate of drug-likeness (QED) is 0.445. The summed E-state index contributed by atoms with van der Waals surface area (Å²) in [5, 5.41) is 3.24. The molecule has 0 aromatic rings. The summed E-state index contributed by atoms with van der Waals surface area (Å²) >= 11 is 0. The van der Waals surface area contributed by atoms with Crippen molar-refractivity contribution in [2.45, 2.75) is 13.3 Å². The van der Waals surface area contributed by atoms with Gasteiger partial charge in [0.15, 0.2) is 0 Å². The van der Waals surface area contributed by atoms with E-state index in [1.165, 1.54) is 5.57 Å². The molecule has 60 valence electrons. The number of rotatable bonds is 6. The molecule has 0 heterocycles. The highest BCUT2D eigenvalue weighted by molar-refractivity contribution is 4.90. The summed E-state index contributed by atoms with van der Waals surface area (Å²) in [7, 11) is 1.72. The SMILES string of the molecule is C=C(C)CNCCCOC. The molecule has 0 bridgehead atoms. The highest BCUT2D eigenvalue weighted by Crippen LogP contribution is 1.82. The van der Waals surface area contributed by atoms with Gasteiger partial charge in [0.2, 0.25) is 0 Å². The smallest absolute Gasteiger partial charge is 0.0474 e. The van der Waals surface area contributed by atoms with Crippen LogP contribution in [0.2, 0.25) is 0 Å². The molecule has 2 nitrogen and oxygen atoms in total. The summed E-state index contributed by atoms with van der Waals surface area (Å²) < 4.78 is 4.89. The van der Waals surface area contributed by atoms with Crippen molar-refractivity contribution in [3.63, 3.8) is 0 Å². The summed E-state index contributed by atoms with van der Waals surface area (Å²) in [4.78, 5) is 0. The van der Waals surface area contributed by atoms with Crippen LogP contribution in [0.25, 0.3) is 0 Å². The molecular weight excluding hydrogens is 126 g/mol. The Bertz CT molecular complexity index is 91.3. The number of nitrogens with one attached hydrogen (secondary N) is 1. The van der Waals surface area contributed by atoms with E-state index >= 15 is 0 Å². The molecule has 1 N–H and O–H groups in total. The lowest BCUT2D eigenvalue weighted by Gasteiger charge is -2.02. The number of hydrogen-bond donors (Lipinski definition) is 1. The second-order valence-electron chi connectivity index (χ2n) is 2.48. The molecule has 0 aliphatic rings. The molecule has 10 heavy (non-hydrogen) atoms. The van der Waals surface area contributed by atoms with Crippen molar-refractivity contribution in [2.24, 2.45) is 0 Å². The maximum absolute atomic E-state index is 4.89. The molecule has 0 fully saturated rings. The Kier molecular flexibility index (Phi) is 6.55. The first-order valence-electron chi connectivity index (χ1n) is 3.61. The minimum absolute atomic E-state index is 0.836. The molecule has 0 aliphatic carbocycles. The van der Waals surface area contributed by atoms with Gasteiger partial charge in [-0.3, -0.25) is 0 Å². The first-order valence-corrected chi connectivity index (χ1v) is 3.61. The van der Waals surface area contributed by atoms with Crippen LogP contribution in [-0.4, -0.2) is 26.8 Å². The normalized spacial score (nSPS) is 9.80. The fourth-order valence-corrected chi connectivity index (χ4v) is 0.643. The second kappa shape index (κ2) is 6.78. The van der Waals surface area contributed by atoms with Crippen LogP contribution in [0.3, 0.4) is 0 Å². The zero-order valence-electron chi connectivity index (χ0n) is 6.94. The minimum atomic E-state index is 0.836. The Balaban J connectivity index is 2.84. The Hall–Kier alpha value is -0.340. The van der Waals surface area contributed by atoms with Crippen molar-refractivity contribution >= 4 is 0 Å². The van der Waals surface area contributed by atoms with E-state index in [2.05, 4.69) is 11.9 Å². The Morgan fingerprint density at radius 3 is 2.80 bits per heavy atom. The Morgan fingerprint density at radius 1 is 1.60 bits per heavy atom. The molecule has 0 amide bonds. The zero-order chi connectivity index (χ0) is 7.82.